The molecule has 1 heterocycles. The van der Waals surface area contributed by atoms with Gasteiger partial charge in [0.1, 0.15) is 4.90 Å². The van der Waals surface area contributed by atoms with E-state index in [9.17, 15) is 8.42 Å². The number of rotatable bonds is 3. The van der Waals surface area contributed by atoms with Crippen molar-refractivity contribution >= 4 is 15.7 Å². The Morgan fingerprint density at radius 3 is 2.56 bits per heavy atom. The molecule has 0 saturated carbocycles. The van der Waals surface area contributed by atoms with E-state index in [1.165, 1.54) is 0 Å². The summed E-state index contributed by atoms with van der Waals surface area (Å²) in [6, 6.07) is 6.66. The van der Waals surface area contributed by atoms with E-state index in [4.69, 9.17) is 5.73 Å². The van der Waals surface area contributed by atoms with Gasteiger partial charge >= 0.3 is 0 Å². The third kappa shape index (κ3) is 2.37. The fraction of sp³-hybridized carbons (Fsp3) is 0.538. The first kappa shape index (κ1) is 13.4. The largest absolute Gasteiger partial charge is 0.398 e. The minimum absolute atomic E-state index is 0.231. The molecule has 0 aliphatic carbocycles. The number of nitrogens with two attached hydrogens (primary N) is 1. The Bertz CT molecular complexity index is 526. The zero-order valence-corrected chi connectivity index (χ0v) is 11.7. The molecule has 1 aromatic rings. The molecular formula is C13H20N2O2S. The molecule has 0 spiro atoms. The first-order valence-electron chi connectivity index (χ1n) is 6.27. The van der Waals surface area contributed by atoms with Crippen LogP contribution in [0.5, 0.6) is 0 Å². The van der Waals surface area contributed by atoms with Crippen molar-refractivity contribution in [2.45, 2.75) is 25.2 Å². The number of sulfonamides is 1. The molecular weight excluding hydrogens is 248 g/mol. The summed E-state index contributed by atoms with van der Waals surface area (Å²) in [7, 11) is -3.43. The van der Waals surface area contributed by atoms with Crippen LogP contribution < -0.4 is 5.73 Å². The predicted molar refractivity (Wildman–Crippen MR) is 72.6 cm³/mol. The highest BCUT2D eigenvalue weighted by Crippen LogP contribution is 2.30. The lowest BCUT2D eigenvalue weighted by atomic mass is 9.96. The minimum Gasteiger partial charge on any atom is -0.398 e. The van der Waals surface area contributed by atoms with Crippen molar-refractivity contribution in [1.82, 2.24) is 4.31 Å². The van der Waals surface area contributed by atoms with E-state index >= 15 is 0 Å². The standard InChI is InChI=1S/C13H20N2O2S/c1-10(2)11-7-8-15(9-11)18(16,17)13-6-4-3-5-12(13)14/h3-6,10-11H,7-9,14H2,1-2H3. The van der Waals surface area contributed by atoms with Gasteiger partial charge in [0, 0.05) is 13.1 Å². The highest BCUT2D eigenvalue weighted by atomic mass is 32.2. The summed E-state index contributed by atoms with van der Waals surface area (Å²) >= 11 is 0. The topological polar surface area (TPSA) is 63.4 Å². The van der Waals surface area contributed by atoms with Crippen molar-refractivity contribution < 1.29 is 8.42 Å². The van der Waals surface area contributed by atoms with Crippen molar-refractivity contribution in [3.05, 3.63) is 24.3 Å². The van der Waals surface area contributed by atoms with Crippen LogP contribution in [-0.2, 0) is 10.0 Å². The Kier molecular flexibility index (Phi) is 3.64. The maximum Gasteiger partial charge on any atom is 0.245 e. The maximum atomic E-state index is 12.5. The van der Waals surface area contributed by atoms with Crippen LogP contribution >= 0.6 is 0 Å². The quantitative estimate of drug-likeness (QED) is 0.852. The summed E-state index contributed by atoms with van der Waals surface area (Å²) in [5, 5.41) is 0. The zero-order valence-electron chi connectivity index (χ0n) is 10.8. The van der Waals surface area contributed by atoms with Crippen LogP contribution in [0, 0.1) is 11.8 Å². The van der Waals surface area contributed by atoms with Gasteiger partial charge in [0.25, 0.3) is 0 Å². The van der Waals surface area contributed by atoms with E-state index in [1.54, 1.807) is 28.6 Å². The molecule has 0 aromatic heterocycles. The molecule has 4 nitrogen and oxygen atoms in total. The number of nitrogen functional groups attached to an aromatic ring is 1. The first-order chi connectivity index (χ1) is 8.43. The van der Waals surface area contributed by atoms with Crippen molar-refractivity contribution in [3.8, 4) is 0 Å². The second-order valence-electron chi connectivity index (χ2n) is 5.19. The number of para-hydroxylation sites is 1. The van der Waals surface area contributed by atoms with E-state index in [0.29, 0.717) is 30.6 Å². The monoisotopic (exact) mass is 268 g/mol. The Morgan fingerprint density at radius 1 is 1.33 bits per heavy atom. The summed E-state index contributed by atoms with van der Waals surface area (Å²) in [6.45, 7) is 5.48. The second kappa shape index (κ2) is 4.90. The van der Waals surface area contributed by atoms with Gasteiger partial charge in [-0.25, -0.2) is 8.42 Å². The van der Waals surface area contributed by atoms with Gasteiger partial charge in [-0.2, -0.15) is 4.31 Å². The van der Waals surface area contributed by atoms with Crippen molar-refractivity contribution in [3.63, 3.8) is 0 Å². The van der Waals surface area contributed by atoms with E-state index in [-0.39, 0.29) is 4.90 Å². The summed E-state index contributed by atoms with van der Waals surface area (Å²) in [6.07, 6.45) is 0.934. The number of anilines is 1. The average Bonchev–Trinajstić information content (AvgIpc) is 2.79. The molecule has 5 heteroatoms. The van der Waals surface area contributed by atoms with Gasteiger partial charge in [-0.3, -0.25) is 0 Å². The SMILES string of the molecule is CC(C)C1CCN(S(=O)(=O)c2ccccc2N)C1. The molecule has 0 amide bonds. The molecule has 2 N–H and O–H groups in total. The highest BCUT2D eigenvalue weighted by Gasteiger charge is 2.34. The Hall–Kier alpha value is -1.07. The fourth-order valence-corrected chi connectivity index (χ4v) is 4.00. The van der Waals surface area contributed by atoms with Crippen LogP contribution in [0.1, 0.15) is 20.3 Å². The Labute approximate surface area is 109 Å². The van der Waals surface area contributed by atoms with Crippen molar-refractivity contribution in [1.29, 1.82) is 0 Å². The number of benzene rings is 1. The van der Waals surface area contributed by atoms with Crippen molar-refractivity contribution in [2.24, 2.45) is 11.8 Å². The van der Waals surface area contributed by atoms with Gasteiger partial charge in [0.2, 0.25) is 10.0 Å². The smallest absolute Gasteiger partial charge is 0.245 e. The lowest BCUT2D eigenvalue weighted by molar-refractivity contribution is 0.388. The van der Waals surface area contributed by atoms with Crippen LogP contribution in [0.15, 0.2) is 29.2 Å². The summed E-state index contributed by atoms with van der Waals surface area (Å²) in [4.78, 5) is 0.231. The lowest BCUT2D eigenvalue weighted by Crippen LogP contribution is -2.30. The van der Waals surface area contributed by atoms with Crippen LogP contribution in [0.2, 0.25) is 0 Å². The van der Waals surface area contributed by atoms with Crippen molar-refractivity contribution in [2.75, 3.05) is 18.8 Å². The Balaban J connectivity index is 2.26. The lowest BCUT2D eigenvalue weighted by Gasteiger charge is -2.19. The van der Waals surface area contributed by atoms with Gasteiger partial charge < -0.3 is 5.73 Å². The molecule has 1 aliphatic rings. The molecule has 18 heavy (non-hydrogen) atoms. The maximum absolute atomic E-state index is 12.5. The third-order valence-electron chi connectivity index (χ3n) is 3.67. The summed E-state index contributed by atoms with van der Waals surface area (Å²) in [5.74, 6) is 0.961. The van der Waals surface area contributed by atoms with Gasteiger partial charge in [0.05, 0.1) is 5.69 Å². The molecule has 1 atom stereocenters. The van der Waals surface area contributed by atoms with Crippen LogP contribution in [0.4, 0.5) is 5.69 Å². The van der Waals surface area contributed by atoms with E-state index < -0.39 is 10.0 Å². The highest BCUT2D eigenvalue weighted by molar-refractivity contribution is 7.89. The van der Waals surface area contributed by atoms with Crippen LogP contribution in [0.25, 0.3) is 0 Å². The third-order valence-corrected chi connectivity index (χ3v) is 5.61. The molecule has 1 aromatic carbocycles. The van der Waals surface area contributed by atoms with E-state index in [1.807, 2.05) is 0 Å². The zero-order chi connectivity index (χ0) is 13.3. The second-order valence-corrected chi connectivity index (χ2v) is 7.10. The normalized spacial score (nSPS) is 21.6. The molecule has 100 valence electrons. The summed E-state index contributed by atoms with van der Waals surface area (Å²) in [5.41, 5.74) is 6.09. The number of hydrogen-bond acceptors (Lipinski definition) is 3. The molecule has 0 radical (unpaired) electrons. The molecule has 1 fully saturated rings. The summed E-state index contributed by atoms with van der Waals surface area (Å²) < 4.78 is 26.5. The minimum atomic E-state index is -3.43. The predicted octanol–water partition coefficient (Wildman–Crippen LogP) is 1.94. The Morgan fingerprint density at radius 2 is 2.00 bits per heavy atom. The van der Waals surface area contributed by atoms with Crippen LogP contribution in [-0.4, -0.2) is 25.8 Å². The van der Waals surface area contributed by atoms with E-state index in [0.717, 1.165) is 6.42 Å². The number of hydrogen-bond donors (Lipinski definition) is 1. The van der Waals surface area contributed by atoms with Crippen LogP contribution in [0.3, 0.4) is 0 Å². The first-order valence-corrected chi connectivity index (χ1v) is 7.71. The molecule has 2 rings (SSSR count). The molecule has 1 aliphatic heterocycles. The fourth-order valence-electron chi connectivity index (χ4n) is 2.37. The van der Waals surface area contributed by atoms with Gasteiger partial charge in [-0.15, -0.1) is 0 Å². The van der Waals surface area contributed by atoms with E-state index in [2.05, 4.69) is 13.8 Å². The molecule has 1 unspecified atom stereocenters. The van der Waals surface area contributed by atoms with Gasteiger partial charge in [-0.1, -0.05) is 26.0 Å². The average molecular weight is 268 g/mol. The molecule has 1 saturated heterocycles. The molecule has 0 bridgehead atoms. The number of nitrogens with zero attached hydrogens (tertiary/aromatic N) is 1. The van der Waals surface area contributed by atoms with Gasteiger partial charge in [-0.05, 0) is 30.4 Å². The van der Waals surface area contributed by atoms with Gasteiger partial charge in [0.15, 0.2) is 0 Å².